The topological polar surface area (TPSA) is 3.24 Å². The summed E-state index contributed by atoms with van der Waals surface area (Å²) < 4.78 is 37.6. The van der Waals surface area contributed by atoms with E-state index in [-0.39, 0.29) is 0 Å². The molecule has 0 radical (unpaired) electrons. The number of halogens is 3. The van der Waals surface area contributed by atoms with Gasteiger partial charge in [0.05, 0.1) is 5.56 Å². The monoisotopic (exact) mass is 227 g/mol. The molecule has 1 heterocycles. The molecule has 1 aromatic carbocycles. The summed E-state index contributed by atoms with van der Waals surface area (Å²) in [4.78, 5) is 2.06. The van der Waals surface area contributed by atoms with Crippen LogP contribution in [-0.2, 0) is 6.18 Å². The Kier molecular flexibility index (Phi) is 1.71. The molecule has 0 spiro atoms. The molecule has 0 unspecified atom stereocenters. The number of fused-ring (bicyclic) bond motifs is 1. The van der Waals surface area contributed by atoms with Crippen LogP contribution < -0.4 is 4.90 Å². The van der Waals surface area contributed by atoms with Crippen LogP contribution in [-0.4, -0.2) is 12.6 Å². The number of hydrogen-bond donors (Lipinski definition) is 0. The lowest BCUT2D eigenvalue weighted by molar-refractivity contribution is -0.137. The van der Waals surface area contributed by atoms with E-state index in [0.717, 1.165) is 19.0 Å². The van der Waals surface area contributed by atoms with E-state index in [9.17, 15) is 13.2 Å². The van der Waals surface area contributed by atoms with Crippen LogP contribution in [0.2, 0.25) is 0 Å². The molecule has 4 heteroatoms. The van der Waals surface area contributed by atoms with Gasteiger partial charge < -0.3 is 4.90 Å². The van der Waals surface area contributed by atoms with Crippen molar-refractivity contribution in [2.75, 3.05) is 11.4 Å². The number of benzene rings is 1. The van der Waals surface area contributed by atoms with Gasteiger partial charge in [0.1, 0.15) is 0 Å². The summed E-state index contributed by atoms with van der Waals surface area (Å²) in [7, 11) is 0. The summed E-state index contributed by atoms with van der Waals surface area (Å²) in [5.41, 5.74) is 0.530. The lowest BCUT2D eigenvalue weighted by Gasteiger charge is -2.38. The van der Waals surface area contributed by atoms with Crippen molar-refractivity contribution < 1.29 is 13.2 Å². The minimum atomic E-state index is -4.24. The Morgan fingerprint density at radius 1 is 1.38 bits per heavy atom. The van der Waals surface area contributed by atoms with E-state index >= 15 is 0 Å². The van der Waals surface area contributed by atoms with Gasteiger partial charge >= 0.3 is 6.18 Å². The zero-order chi connectivity index (χ0) is 11.6. The Labute approximate surface area is 91.9 Å². The van der Waals surface area contributed by atoms with E-state index in [0.29, 0.717) is 17.1 Å². The highest BCUT2D eigenvalue weighted by atomic mass is 19.4. The van der Waals surface area contributed by atoms with Gasteiger partial charge in [0, 0.05) is 23.7 Å². The second kappa shape index (κ2) is 2.73. The minimum Gasteiger partial charge on any atom is -0.367 e. The molecule has 0 bridgehead atoms. The third kappa shape index (κ3) is 1.32. The Balaban J connectivity index is 1.87. The lowest BCUT2D eigenvalue weighted by Crippen LogP contribution is -2.45. The third-order valence-electron chi connectivity index (χ3n) is 3.72. The van der Waals surface area contributed by atoms with Crippen molar-refractivity contribution in [2.24, 2.45) is 5.41 Å². The predicted octanol–water partition coefficient (Wildman–Crippen LogP) is 3.30. The molecule has 1 saturated heterocycles. The molecular weight excluding hydrogens is 215 g/mol. The minimum absolute atomic E-state index is 0.383. The van der Waals surface area contributed by atoms with Crippen LogP contribution in [0.5, 0.6) is 0 Å². The molecule has 0 N–H and O–H groups in total. The van der Waals surface area contributed by atoms with Crippen LogP contribution in [0.3, 0.4) is 0 Å². The number of rotatable bonds is 1. The van der Waals surface area contributed by atoms with E-state index < -0.39 is 11.7 Å². The van der Waals surface area contributed by atoms with Crippen molar-refractivity contribution in [3.8, 4) is 0 Å². The first-order valence-electron chi connectivity index (χ1n) is 5.34. The zero-order valence-corrected chi connectivity index (χ0v) is 8.88. The molecule has 1 aliphatic carbocycles. The molecule has 3 rings (SSSR count). The Morgan fingerprint density at radius 3 is 2.62 bits per heavy atom. The number of nitrogens with zero attached hydrogens (tertiary/aromatic N) is 1. The maximum absolute atomic E-state index is 12.5. The second-order valence-corrected chi connectivity index (χ2v) is 5.05. The number of anilines is 1. The SMILES string of the molecule is C[C@]12C[C@H]1N(c1cccc(C(F)(F)F)c1)C2. The molecule has 0 aromatic heterocycles. The van der Waals surface area contributed by atoms with Crippen molar-refractivity contribution in [3.63, 3.8) is 0 Å². The summed E-state index contributed by atoms with van der Waals surface area (Å²) >= 11 is 0. The van der Waals surface area contributed by atoms with Gasteiger partial charge in [-0.05, 0) is 24.6 Å². The van der Waals surface area contributed by atoms with Crippen molar-refractivity contribution in [1.82, 2.24) is 0 Å². The van der Waals surface area contributed by atoms with E-state index in [1.165, 1.54) is 12.1 Å². The second-order valence-electron chi connectivity index (χ2n) is 5.05. The molecule has 1 saturated carbocycles. The molecule has 2 fully saturated rings. The van der Waals surface area contributed by atoms with E-state index in [1.807, 2.05) is 0 Å². The van der Waals surface area contributed by atoms with Crippen LogP contribution in [0.15, 0.2) is 24.3 Å². The van der Waals surface area contributed by atoms with E-state index in [2.05, 4.69) is 11.8 Å². The fraction of sp³-hybridized carbons (Fsp3) is 0.500. The van der Waals surface area contributed by atoms with Crippen LogP contribution in [0.25, 0.3) is 0 Å². The third-order valence-corrected chi connectivity index (χ3v) is 3.72. The van der Waals surface area contributed by atoms with Crippen molar-refractivity contribution >= 4 is 5.69 Å². The van der Waals surface area contributed by atoms with Gasteiger partial charge in [0.25, 0.3) is 0 Å². The molecule has 2 atom stereocenters. The highest BCUT2D eigenvalue weighted by molar-refractivity contribution is 5.57. The van der Waals surface area contributed by atoms with Gasteiger partial charge in [-0.15, -0.1) is 0 Å². The highest BCUT2D eigenvalue weighted by Gasteiger charge is 2.63. The molecule has 1 aliphatic heterocycles. The van der Waals surface area contributed by atoms with Gasteiger partial charge in [-0.1, -0.05) is 13.0 Å². The summed E-state index contributed by atoms with van der Waals surface area (Å²) in [6.45, 7) is 3.07. The Hall–Kier alpha value is -1.19. The summed E-state index contributed by atoms with van der Waals surface area (Å²) in [5, 5.41) is 0. The van der Waals surface area contributed by atoms with Crippen LogP contribution in [0.4, 0.5) is 18.9 Å². The summed E-state index contributed by atoms with van der Waals surface area (Å²) in [6, 6.07) is 6.08. The standard InChI is InChI=1S/C12H12F3N/c1-11-6-10(11)16(7-11)9-4-2-3-8(5-9)12(13,14)15/h2-5,10H,6-7H2,1H3/t10-,11-/m1/s1. The Morgan fingerprint density at radius 2 is 2.12 bits per heavy atom. The number of alkyl halides is 3. The first-order chi connectivity index (χ1) is 7.40. The van der Waals surface area contributed by atoms with E-state index in [1.54, 1.807) is 6.07 Å². The first-order valence-corrected chi connectivity index (χ1v) is 5.34. The average molecular weight is 227 g/mol. The zero-order valence-electron chi connectivity index (χ0n) is 8.88. The van der Waals surface area contributed by atoms with Crippen LogP contribution in [0, 0.1) is 5.41 Å². The quantitative estimate of drug-likeness (QED) is 0.711. The van der Waals surface area contributed by atoms with Gasteiger partial charge in [-0.2, -0.15) is 13.2 Å². The van der Waals surface area contributed by atoms with Gasteiger partial charge in [0.2, 0.25) is 0 Å². The largest absolute Gasteiger partial charge is 0.416 e. The molecule has 0 amide bonds. The lowest BCUT2D eigenvalue weighted by atomic mass is 10.00. The van der Waals surface area contributed by atoms with Crippen LogP contribution in [0.1, 0.15) is 18.9 Å². The van der Waals surface area contributed by atoms with Gasteiger partial charge in [-0.25, -0.2) is 0 Å². The number of hydrogen-bond acceptors (Lipinski definition) is 1. The predicted molar refractivity (Wildman–Crippen MR) is 55.3 cm³/mol. The molecule has 16 heavy (non-hydrogen) atoms. The molecule has 2 aliphatic rings. The van der Waals surface area contributed by atoms with Gasteiger partial charge in [-0.3, -0.25) is 0 Å². The first kappa shape index (κ1) is 10.00. The molecule has 1 aromatic rings. The Bertz CT molecular complexity index is 440. The van der Waals surface area contributed by atoms with Crippen LogP contribution >= 0.6 is 0 Å². The van der Waals surface area contributed by atoms with Crippen molar-refractivity contribution in [1.29, 1.82) is 0 Å². The van der Waals surface area contributed by atoms with Crippen molar-refractivity contribution in [2.45, 2.75) is 25.6 Å². The molecule has 1 nitrogen and oxygen atoms in total. The van der Waals surface area contributed by atoms with Crippen molar-refractivity contribution in [3.05, 3.63) is 29.8 Å². The summed E-state index contributed by atoms with van der Waals surface area (Å²) in [6.07, 6.45) is -3.13. The fourth-order valence-electron chi connectivity index (χ4n) is 2.56. The van der Waals surface area contributed by atoms with Gasteiger partial charge in [0.15, 0.2) is 0 Å². The normalized spacial score (nSPS) is 32.0. The fourth-order valence-corrected chi connectivity index (χ4v) is 2.56. The molecular formula is C12H12F3N. The highest BCUT2D eigenvalue weighted by Crippen LogP contribution is 2.59. The smallest absolute Gasteiger partial charge is 0.367 e. The molecule has 86 valence electrons. The van der Waals surface area contributed by atoms with E-state index in [4.69, 9.17) is 0 Å². The maximum Gasteiger partial charge on any atom is 0.416 e. The maximum atomic E-state index is 12.5. The summed E-state index contributed by atoms with van der Waals surface area (Å²) in [5.74, 6) is 0. The average Bonchev–Trinajstić information content (AvgIpc) is 2.71.